The molecule has 0 aliphatic carbocycles. The van der Waals surface area contributed by atoms with Crippen molar-refractivity contribution in [3.63, 3.8) is 0 Å². The summed E-state index contributed by atoms with van der Waals surface area (Å²) in [7, 11) is -3.47. The highest BCUT2D eigenvalue weighted by Crippen LogP contribution is 2.26. The molecule has 1 heterocycles. The highest BCUT2D eigenvalue weighted by molar-refractivity contribution is 9.10. The molecule has 1 N–H and O–H groups in total. The van der Waals surface area contributed by atoms with Gasteiger partial charge in [-0.3, -0.25) is 0 Å². The van der Waals surface area contributed by atoms with Crippen molar-refractivity contribution in [1.82, 2.24) is 9.62 Å². The third-order valence-corrected chi connectivity index (χ3v) is 6.62. The first kappa shape index (κ1) is 15.9. The fourth-order valence-electron chi connectivity index (χ4n) is 2.50. The molecule has 0 amide bonds. The van der Waals surface area contributed by atoms with E-state index in [-0.39, 0.29) is 12.1 Å². The van der Waals surface area contributed by atoms with Crippen molar-refractivity contribution in [1.29, 1.82) is 0 Å². The standard InChI is InChI=1S/C14H21BrN2O2S/c1-11(2)17(10-12-6-5-9-16-12)20(18,19)14-8-4-3-7-13(14)15/h3-4,7-8,11-12,16H,5-6,9-10H2,1-2H3. The lowest BCUT2D eigenvalue weighted by Gasteiger charge is -2.29. The van der Waals surface area contributed by atoms with E-state index in [1.54, 1.807) is 22.5 Å². The highest BCUT2D eigenvalue weighted by Gasteiger charge is 2.31. The van der Waals surface area contributed by atoms with Crippen molar-refractivity contribution in [2.75, 3.05) is 13.1 Å². The number of nitrogens with zero attached hydrogens (tertiary/aromatic N) is 1. The second-order valence-corrected chi connectivity index (χ2v) is 8.11. The lowest BCUT2D eigenvalue weighted by molar-refractivity contribution is 0.322. The average molecular weight is 361 g/mol. The molecule has 1 aliphatic heterocycles. The van der Waals surface area contributed by atoms with Crippen LogP contribution in [0.3, 0.4) is 0 Å². The molecule has 1 aromatic carbocycles. The summed E-state index contributed by atoms with van der Waals surface area (Å²) >= 11 is 3.34. The molecular weight excluding hydrogens is 340 g/mol. The van der Waals surface area contributed by atoms with Crippen LogP contribution in [0, 0.1) is 0 Å². The Labute approximate surface area is 129 Å². The molecule has 1 atom stereocenters. The van der Waals surface area contributed by atoms with Gasteiger partial charge in [-0.1, -0.05) is 12.1 Å². The Morgan fingerprint density at radius 1 is 1.40 bits per heavy atom. The van der Waals surface area contributed by atoms with Crippen LogP contribution in [0.4, 0.5) is 0 Å². The smallest absolute Gasteiger partial charge is 0.244 e. The number of sulfonamides is 1. The molecule has 1 aliphatic rings. The Morgan fingerprint density at radius 2 is 2.10 bits per heavy atom. The molecule has 4 nitrogen and oxygen atoms in total. The number of benzene rings is 1. The molecule has 1 aromatic rings. The summed E-state index contributed by atoms with van der Waals surface area (Å²) in [4.78, 5) is 0.340. The van der Waals surface area contributed by atoms with Gasteiger partial charge in [0, 0.05) is 23.1 Å². The minimum atomic E-state index is -3.47. The van der Waals surface area contributed by atoms with Crippen molar-refractivity contribution in [3.8, 4) is 0 Å². The average Bonchev–Trinajstić information content (AvgIpc) is 2.88. The van der Waals surface area contributed by atoms with Gasteiger partial charge >= 0.3 is 0 Å². The maximum Gasteiger partial charge on any atom is 0.244 e. The van der Waals surface area contributed by atoms with Gasteiger partial charge < -0.3 is 5.32 Å². The minimum Gasteiger partial charge on any atom is -0.313 e. The van der Waals surface area contributed by atoms with Gasteiger partial charge in [-0.05, 0) is 61.3 Å². The predicted molar refractivity (Wildman–Crippen MR) is 84.2 cm³/mol. The lowest BCUT2D eigenvalue weighted by atomic mass is 10.2. The van der Waals surface area contributed by atoms with E-state index in [9.17, 15) is 8.42 Å². The molecule has 0 bridgehead atoms. The lowest BCUT2D eigenvalue weighted by Crippen LogP contribution is -2.44. The summed E-state index contributed by atoms with van der Waals surface area (Å²) in [6, 6.07) is 7.19. The van der Waals surface area contributed by atoms with Gasteiger partial charge in [0.1, 0.15) is 0 Å². The Morgan fingerprint density at radius 3 is 2.65 bits per heavy atom. The van der Waals surface area contributed by atoms with Crippen LogP contribution in [0.5, 0.6) is 0 Å². The Hall–Kier alpha value is -0.430. The quantitative estimate of drug-likeness (QED) is 0.877. The Bertz CT molecular complexity index is 554. The maximum atomic E-state index is 12.9. The van der Waals surface area contributed by atoms with Crippen LogP contribution in [0.25, 0.3) is 0 Å². The molecule has 112 valence electrons. The summed E-state index contributed by atoms with van der Waals surface area (Å²) in [5.74, 6) is 0. The molecule has 1 unspecified atom stereocenters. The van der Waals surface area contributed by atoms with Gasteiger partial charge in [0.15, 0.2) is 0 Å². The highest BCUT2D eigenvalue weighted by atomic mass is 79.9. The second kappa shape index (κ2) is 6.56. The van der Waals surface area contributed by atoms with Crippen LogP contribution in [0.2, 0.25) is 0 Å². The Balaban J connectivity index is 2.30. The maximum absolute atomic E-state index is 12.9. The number of hydrogen-bond acceptors (Lipinski definition) is 3. The molecule has 1 fully saturated rings. The minimum absolute atomic E-state index is 0.0606. The van der Waals surface area contributed by atoms with Crippen molar-refractivity contribution in [3.05, 3.63) is 28.7 Å². The molecule has 0 saturated carbocycles. The molecule has 2 rings (SSSR count). The van der Waals surface area contributed by atoms with Crippen molar-refractivity contribution >= 4 is 26.0 Å². The summed E-state index contributed by atoms with van der Waals surface area (Å²) in [6.07, 6.45) is 2.15. The van der Waals surface area contributed by atoms with Crippen LogP contribution in [-0.4, -0.2) is 37.9 Å². The number of hydrogen-bond donors (Lipinski definition) is 1. The third-order valence-electron chi connectivity index (χ3n) is 3.56. The zero-order valence-electron chi connectivity index (χ0n) is 11.8. The van der Waals surface area contributed by atoms with Gasteiger partial charge in [-0.2, -0.15) is 4.31 Å². The fourth-order valence-corrected chi connectivity index (χ4v) is 5.14. The van der Waals surface area contributed by atoms with Gasteiger partial charge in [-0.25, -0.2) is 8.42 Å². The van der Waals surface area contributed by atoms with E-state index in [1.807, 2.05) is 19.9 Å². The van der Waals surface area contributed by atoms with Gasteiger partial charge in [0.05, 0.1) is 4.90 Å². The zero-order chi connectivity index (χ0) is 14.8. The first-order valence-corrected chi connectivity index (χ1v) is 9.16. The van der Waals surface area contributed by atoms with E-state index in [0.29, 0.717) is 15.9 Å². The number of nitrogens with one attached hydrogen (secondary N) is 1. The fraction of sp³-hybridized carbons (Fsp3) is 0.571. The summed E-state index contributed by atoms with van der Waals surface area (Å²) in [6.45, 7) is 5.35. The van der Waals surface area contributed by atoms with Crippen LogP contribution in [-0.2, 0) is 10.0 Å². The van der Waals surface area contributed by atoms with Crippen LogP contribution in [0.15, 0.2) is 33.6 Å². The zero-order valence-corrected chi connectivity index (χ0v) is 14.2. The van der Waals surface area contributed by atoms with Crippen molar-refractivity contribution < 1.29 is 8.42 Å². The topological polar surface area (TPSA) is 49.4 Å². The van der Waals surface area contributed by atoms with Gasteiger partial charge in [0.2, 0.25) is 10.0 Å². The van der Waals surface area contributed by atoms with E-state index < -0.39 is 10.0 Å². The Kier molecular flexibility index (Phi) is 5.23. The second-order valence-electron chi connectivity index (χ2n) is 5.39. The summed E-state index contributed by atoms with van der Waals surface area (Å²) in [5, 5.41) is 3.36. The van der Waals surface area contributed by atoms with Crippen molar-refractivity contribution in [2.24, 2.45) is 0 Å². The van der Waals surface area contributed by atoms with Crippen molar-refractivity contribution in [2.45, 2.75) is 43.7 Å². The SMILES string of the molecule is CC(C)N(CC1CCCN1)S(=O)(=O)c1ccccc1Br. The normalized spacial score (nSPS) is 19.9. The molecule has 6 heteroatoms. The largest absolute Gasteiger partial charge is 0.313 e. The van der Waals surface area contributed by atoms with Gasteiger partial charge in [-0.15, -0.1) is 0 Å². The van der Waals surface area contributed by atoms with E-state index in [1.165, 1.54) is 0 Å². The molecule has 0 spiro atoms. The molecule has 0 aromatic heterocycles. The summed E-state index contributed by atoms with van der Waals surface area (Å²) in [5.41, 5.74) is 0. The predicted octanol–water partition coefficient (Wildman–Crippen LogP) is 2.60. The monoisotopic (exact) mass is 360 g/mol. The molecule has 1 saturated heterocycles. The van der Waals surface area contributed by atoms with Crippen LogP contribution in [0.1, 0.15) is 26.7 Å². The van der Waals surface area contributed by atoms with Crippen LogP contribution >= 0.6 is 15.9 Å². The van der Waals surface area contributed by atoms with Gasteiger partial charge in [0.25, 0.3) is 0 Å². The van der Waals surface area contributed by atoms with E-state index in [2.05, 4.69) is 21.2 Å². The van der Waals surface area contributed by atoms with E-state index in [0.717, 1.165) is 19.4 Å². The first-order valence-electron chi connectivity index (χ1n) is 6.92. The molecular formula is C14H21BrN2O2S. The van der Waals surface area contributed by atoms with Crippen LogP contribution < -0.4 is 5.32 Å². The third kappa shape index (κ3) is 3.42. The number of halogens is 1. The number of rotatable bonds is 5. The first-order chi connectivity index (χ1) is 9.43. The summed E-state index contributed by atoms with van der Waals surface area (Å²) < 4.78 is 27.9. The molecule has 20 heavy (non-hydrogen) atoms. The molecule has 0 radical (unpaired) electrons. The van der Waals surface area contributed by atoms with E-state index >= 15 is 0 Å². The van der Waals surface area contributed by atoms with E-state index in [4.69, 9.17) is 0 Å².